The first kappa shape index (κ1) is 21.8. The van der Waals surface area contributed by atoms with Crippen LogP contribution in [0, 0.1) is 5.82 Å². The Morgan fingerprint density at radius 3 is 2.59 bits per heavy atom. The lowest BCUT2D eigenvalue weighted by molar-refractivity contribution is 0.475. The van der Waals surface area contributed by atoms with E-state index < -0.39 is 20.7 Å². The number of benzene rings is 2. The lowest BCUT2D eigenvalue weighted by atomic mass is 10.1. The fourth-order valence-electron chi connectivity index (χ4n) is 2.77. The summed E-state index contributed by atoms with van der Waals surface area (Å²) in [5, 5.41) is 6.75. The molecule has 13 heteroatoms. The standard InChI is InChI=1S/C19H13Cl2FN6O3S/c20-10-1-2-15(11(5-10)12-8-26-27-19(12)23)31-16-7-14(22)17(6-13(16)21)32(29,30)28-18-3-4-24-9-25-18/h1-9H,(H3,23,26,27)(H,24,25,28). The van der Waals surface area contributed by atoms with E-state index in [1.807, 2.05) is 0 Å². The van der Waals surface area contributed by atoms with Crippen LogP contribution in [0.25, 0.3) is 11.1 Å². The number of nitrogens with zero attached hydrogens (tertiary/aromatic N) is 3. The highest BCUT2D eigenvalue weighted by molar-refractivity contribution is 7.92. The number of nitrogens with two attached hydrogens (primary N) is 1. The molecule has 0 saturated carbocycles. The highest BCUT2D eigenvalue weighted by atomic mass is 35.5. The van der Waals surface area contributed by atoms with Gasteiger partial charge in [0.25, 0.3) is 10.0 Å². The highest BCUT2D eigenvalue weighted by Crippen LogP contribution is 2.40. The Kier molecular flexibility index (Phi) is 5.87. The maximum absolute atomic E-state index is 14.8. The first-order valence-corrected chi connectivity index (χ1v) is 11.0. The molecule has 0 atom stereocenters. The molecular weight excluding hydrogens is 482 g/mol. The van der Waals surface area contributed by atoms with Crippen LogP contribution in [0.3, 0.4) is 0 Å². The summed E-state index contributed by atoms with van der Waals surface area (Å²) in [4.78, 5) is 6.76. The smallest absolute Gasteiger partial charge is 0.266 e. The molecule has 0 radical (unpaired) electrons. The first-order chi connectivity index (χ1) is 15.2. The number of nitrogen functional groups attached to an aromatic ring is 1. The Bertz CT molecular complexity index is 1400. The molecule has 0 amide bonds. The van der Waals surface area contributed by atoms with Gasteiger partial charge >= 0.3 is 0 Å². The minimum absolute atomic E-state index is 0.0284. The molecule has 2 aromatic carbocycles. The largest absolute Gasteiger partial charge is 0.455 e. The SMILES string of the molecule is Nc1n[nH]cc1-c1cc(Cl)ccc1Oc1cc(F)c(S(=O)(=O)Nc2ccncn2)cc1Cl. The summed E-state index contributed by atoms with van der Waals surface area (Å²) in [5.74, 6) is -0.774. The zero-order chi connectivity index (χ0) is 22.9. The number of ether oxygens (including phenoxy) is 1. The molecule has 0 aliphatic heterocycles. The molecule has 0 aliphatic rings. The van der Waals surface area contributed by atoms with Crippen molar-refractivity contribution >= 4 is 44.9 Å². The molecule has 0 saturated heterocycles. The number of hydrogen-bond acceptors (Lipinski definition) is 7. The number of sulfonamides is 1. The third kappa shape index (κ3) is 4.44. The number of aromatic nitrogens is 4. The number of halogens is 3. The summed E-state index contributed by atoms with van der Waals surface area (Å²) in [6.07, 6.45) is 4.03. The molecule has 0 aliphatic carbocycles. The van der Waals surface area contributed by atoms with Crippen molar-refractivity contribution in [1.29, 1.82) is 0 Å². The summed E-state index contributed by atoms with van der Waals surface area (Å²) in [5.41, 5.74) is 6.84. The molecule has 4 rings (SSSR count). The predicted molar refractivity (Wildman–Crippen MR) is 118 cm³/mol. The van der Waals surface area contributed by atoms with Gasteiger partial charge in [-0.15, -0.1) is 0 Å². The summed E-state index contributed by atoms with van der Waals surface area (Å²) in [6, 6.07) is 7.82. The normalized spacial score (nSPS) is 11.3. The Balaban J connectivity index is 1.69. The van der Waals surface area contributed by atoms with Gasteiger partial charge in [-0.1, -0.05) is 23.2 Å². The predicted octanol–water partition coefficient (Wildman–Crippen LogP) is 4.49. The van der Waals surface area contributed by atoms with Gasteiger partial charge in [-0.05, 0) is 30.3 Å². The van der Waals surface area contributed by atoms with Gasteiger partial charge in [0.2, 0.25) is 0 Å². The molecule has 32 heavy (non-hydrogen) atoms. The number of rotatable bonds is 6. The van der Waals surface area contributed by atoms with Crippen molar-refractivity contribution in [3.05, 3.63) is 71.0 Å². The monoisotopic (exact) mass is 494 g/mol. The van der Waals surface area contributed by atoms with E-state index in [2.05, 4.69) is 24.9 Å². The Morgan fingerprint density at radius 2 is 1.91 bits per heavy atom. The minimum atomic E-state index is -4.31. The van der Waals surface area contributed by atoms with Crippen molar-refractivity contribution in [2.24, 2.45) is 0 Å². The topological polar surface area (TPSA) is 136 Å². The highest BCUT2D eigenvalue weighted by Gasteiger charge is 2.23. The molecule has 0 unspecified atom stereocenters. The van der Waals surface area contributed by atoms with Crippen LogP contribution in [0.4, 0.5) is 16.0 Å². The van der Waals surface area contributed by atoms with Crippen LogP contribution in [0.2, 0.25) is 10.0 Å². The number of nitrogens with one attached hydrogen (secondary N) is 2. The zero-order valence-corrected chi connectivity index (χ0v) is 18.2. The van der Waals surface area contributed by atoms with E-state index in [1.165, 1.54) is 12.3 Å². The number of hydrogen-bond donors (Lipinski definition) is 3. The van der Waals surface area contributed by atoms with Gasteiger partial charge in [-0.2, -0.15) is 5.10 Å². The quantitative estimate of drug-likeness (QED) is 0.359. The first-order valence-electron chi connectivity index (χ1n) is 8.79. The molecule has 0 spiro atoms. The van der Waals surface area contributed by atoms with E-state index >= 15 is 0 Å². The molecule has 164 valence electrons. The van der Waals surface area contributed by atoms with E-state index in [1.54, 1.807) is 24.4 Å². The second kappa shape index (κ2) is 8.61. The van der Waals surface area contributed by atoms with Crippen molar-refractivity contribution in [2.75, 3.05) is 10.5 Å². The summed E-state index contributed by atoms with van der Waals surface area (Å²) >= 11 is 12.3. The number of H-pyrrole nitrogens is 1. The summed E-state index contributed by atoms with van der Waals surface area (Å²) < 4.78 is 47.9. The Hall–Kier alpha value is -3.41. The molecule has 0 bridgehead atoms. The molecule has 2 aromatic heterocycles. The average molecular weight is 495 g/mol. The average Bonchev–Trinajstić information content (AvgIpc) is 3.17. The van der Waals surface area contributed by atoms with Crippen molar-refractivity contribution in [3.63, 3.8) is 0 Å². The molecule has 9 nitrogen and oxygen atoms in total. The second-order valence-corrected chi connectivity index (χ2v) is 8.83. The van der Waals surface area contributed by atoms with E-state index in [9.17, 15) is 12.8 Å². The second-order valence-electron chi connectivity index (χ2n) is 6.34. The third-order valence-electron chi connectivity index (χ3n) is 4.22. The maximum atomic E-state index is 14.8. The van der Waals surface area contributed by atoms with E-state index in [0.29, 0.717) is 16.1 Å². The maximum Gasteiger partial charge on any atom is 0.266 e. The lowest BCUT2D eigenvalue weighted by Crippen LogP contribution is -2.15. The Morgan fingerprint density at radius 1 is 1.09 bits per heavy atom. The van der Waals surface area contributed by atoms with Crippen molar-refractivity contribution in [3.8, 4) is 22.6 Å². The number of aromatic amines is 1. The Labute approximate surface area is 191 Å². The molecule has 4 N–H and O–H groups in total. The van der Waals surface area contributed by atoms with E-state index in [-0.39, 0.29) is 28.2 Å². The van der Waals surface area contributed by atoms with Gasteiger partial charge in [-0.25, -0.2) is 22.8 Å². The van der Waals surface area contributed by atoms with Crippen molar-refractivity contribution in [2.45, 2.75) is 4.90 Å². The van der Waals surface area contributed by atoms with Gasteiger partial charge < -0.3 is 10.5 Å². The van der Waals surface area contributed by atoms with Crippen molar-refractivity contribution < 1.29 is 17.5 Å². The van der Waals surface area contributed by atoms with E-state index in [4.69, 9.17) is 33.7 Å². The van der Waals surface area contributed by atoms with Gasteiger partial charge in [0.1, 0.15) is 34.4 Å². The fraction of sp³-hybridized carbons (Fsp3) is 0. The van der Waals surface area contributed by atoms with Crippen LogP contribution in [-0.2, 0) is 10.0 Å². The lowest BCUT2D eigenvalue weighted by Gasteiger charge is -2.14. The molecular formula is C19H13Cl2FN6O3S. The van der Waals surface area contributed by atoms with Gasteiger partial charge in [-0.3, -0.25) is 9.82 Å². The van der Waals surface area contributed by atoms with Crippen LogP contribution < -0.4 is 15.2 Å². The van der Waals surface area contributed by atoms with Crippen LogP contribution in [0.5, 0.6) is 11.5 Å². The van der Waals surface area contributed by atoms with Gasteiger partial charge in [0.15, 0.2) is 5.82 Å². The summed E-state index contributed by atoms with van der Waals surface area (Å²) in [7, 11) is -4.31. The fourth-order valence-corrected chi connectivity index (χ4v) is 4.31. The van der Waals surface area contributed by atoms with Gasteiger partial charge in [0.05, 0.1) is 5.02 Å². The number of anilines is 2. The van der Waals surface area contributed by atoms with Crippen LogP contribution in [0.1, 0.15) is 0 Å². The van der Waals surface area contributed by atoms with Crippen LogP contribution in [0.15, 0.2) is 60.0 Å². The van der Waals surface area contributed by atoms with Crippen molar-refractivity contribution in [1.82, 2.24) is 20.2 Å². The zero-order valence-electron chi connectivity index (χ0n) is 15.9. The minimum Gasteiger partial charge on any atom is -0.455 e. The molecule has 0 fully saturated rings. The molecule has 4 aromatic rings. The molecule has 2 heterocycles. The van der Waals surface area contributed by atoms with Crippen LogP contribution in [-0.4, -0.2) is 28.6 Å². The van der Waals surface area contributed by atoms with E-state index in [0.717, 1.165) is 18.5 Å². The summed E-state index contributed by atoms with van der Waals surface area (Å²) in [6.45, 7) is 0. The van der Waals surface area contributed by atoms with Gasteiger partial charge in [0, 0.05) is 34.6 Å². The van der Waals surface area contributed by atoms with Crippen LogP contribution >= 0.6 is 23.2 Å². The third-order valence-corrected chi connectivity index (χ3v) is 6.12.